The van der Waals surface area contributed by atoms with Gasteiger partial charge in [0.1, 0.15) is 11.4 Å². The third-order valence-corrected chi connectivity index (χ3v) is 11.9. The first-order chi connectivity index (χ1) is 24.5. The predicted octanol–water partition coefficient (Wildman–Crippen LogP) is 7.75. The lowest BCUT2D eigenvalue weighted by Gasteiger charge is -2.22. The van der Waals surface area contributed by atoms with Crippen molar-refractivity contribution in [2.24, 2.45) is 22.4 Å². The maximum atomic E-state index is 17.7. The van der Waals surface area contributed by atoms with Gasteiger partial charge in [-0.15, -0.1) is 36.0 Å². The summed E-state index contributed by atoms with van der Waals surface area (Å²) in [6.45, 7) is 0. The highest BCUT2D eigenvalue weighted by Gasteiger charge is 2.56. The van der Waals surface area contributed by atoms with Crippen molar-refractivity contribution in [3.05, 3.63) is 101 Å². The molecule has 0 bridgehead atoms. The molecule has 0 aliphatic carbocycles. The average molecular weight is 731 g/mol. The fraction of sp³-hybridized carbons (Fsp3) is 0.0303. The molecule has 4 aliphatic rings. The summed E-state index contributed by atoms with van der Waals surface area (Å²) in [4.78, 5) is 24.5. The monoisotopic (exact) mass is 730 g/mol. The third-order valence-electron chi connectivity index (χ3n) is 8.59. The highest BCUT2D eigenvalue weighted by Crippen LogP contribution is 2.51. The minimum atomic E-state index is -3.57. The van der Waals surface area contributed by atoms with Crippen molar-refractivity contribution in [2.75, 3.05) is 0 Å². The van der Waals surface area contributed by atoms with Crippen molar-refractivity contribution in [1.82, 2.24) is 29.1 Å². The number of hydrogen-bond donors (Lipinski definition) is 0. The molecule has 11 nitrogen and oxygen atoms in total. The number of amidine groups is 1. The van der Waals surface area contributed by atoms with Crippen LogP contribution in [0.15, 0.2) is 108 Å². The van der Waals surface area contributed by atoms with Gasteiger partial charge in [0, 0.05) is 6.07 Å². The van der Waals surface area contributed by atoms with Crippen molar-refractivity contribution in [1.29, 1.82) is 0 Å². The number of alkyl halides is 2. The zero-order valence-electron chi connectivity index (χ0n) is 24.9. The number of fused-ring (bicyclic) bond motifs is 7. The molecule has 11 rings (SSSR count). The van der Waals surface area contributed by atoms with Gasteiger partial charge in [0.15, 0.2) is 5.36 Å². The smallest absolute Gasteiger partial charge is 0.231 e. The lowest BCUT2D eigenvalue weighted by atomic mass is 10.1. The SMILES string of the molecule is FC1(F)n2c(c(-c3ccccc3)c3sc(-c4cnc5c(n4)N=S=N5)cc32)N=C2C(c3ccccc3)=c3sc(-c4cnc5c(n4)N=S=N5)cc3=[N+]21. The maximum absolute atomic E-state index is 17.7. The molecule has 2 aromatic carbocycles. The van der Waals surface area contributed by atoms with Crippen LogP contribution in [0, 0.1) is 0 Å². The summed E-state index contributed by atoms with van der Waals surface area (Å²) >= 11 is 4.79. The van der Waals surface area contributed by atoms with Crippen LogP contribution >= 0.6 is 22.7 Å². The summed E-state index contributed by atoms with van der Waals surface area (Å²) in [5.41, 5.74) is 4.20. The quantitative estimate of drug-likeness (QED) is 0.136. The summed E-state index contributed by atoms with van der Waals surface area (Å²) in [6, 6.07) is 22.5. The lowest BCUT2D eigenvalue weighted by molar-refractivity contribution is -0.112. The normalized spacial score (nSPS) is 15.8. The lowest BCUT2D eigenvalue weighted by Crippen LogP contribution is -2.50. The summed E-state index contributed by atoms with van der Waals surface area (Å²) in [6.07, 6.45) is -0.363. The Morgan fingerprint density at radius 3 is 1.94 bits per heavy atom. The Hall–Kier alpha value is -5.62. The first-order valence-corrected chi connectivity index (χ1v) is 18.1. The average Bonchev–Trinajstić information content (AvgIpc) is 3.98. The number of aliphatic imine (C=N–C) groups is 1. The zero-order chi connectivity index (χ0) is 33.1. The fourth-order valence-electron chi connectivity index (χ4n) is 6.48. The van der Waals surface area contributed by atoms with E-state index in [4.69, 9.17) is 4.99 Å². The van der Waals surface area contributed by atoms with Crippen LogP contribution in [0.3, 0.4) is 0 Å². The Kier molecular flexibility index (Phi) is 5.76. The molecule has 5 aromatic heterocycles. The Morgan fingerprint density at radius 2 is 1.28 bits per heavy atom. The summed E-state index contributed by atoms with van der Waals surface area (Å²) in [5, 5.41) is 0.336. The minimum Gasteiger partial charge on any atom is -0.231 e. The van der Waals surface area contributed by atoms with Gasteiger partial charge in [-0.3, -0.25) is 0 Å². The molecule has 7 aromatic rings. The van der Waals surface area contributed by atoms with Crippen LogP contribution in [0.5, 0.6) is 0 Å². The van der Waals surface area contributed by atoms with E-state index in [0.717, 1.165) is 43.0 Å². The Labute approximate surface area is 294 Å². The van der Waals surface area contributed by atoms with Crippen molar-refractivity contribution in [3.8, 4) is 32.3 Å². The van der Waals surface area contributed by atoms with E-state index in [1.54, 1.807) is 24.5 Å². The van der Waals surface area contributed by atoms with E-state index in [1.165, 1.54) is 22.7 Å². The molecule has 238 valence electrons. The number of halogens is 2. The van der Waals surface area contributed by atoms with E-state index in [2.05, 4.69) is 37.4 Å². The standard InChI is InChI=1S/C33H14F2N11S4/c34-33(35)45-19-11-21(17-13-36-27-29(38-17)43-49-41-27)47-25(19)23(15-7-3-1-4-8-15)31(45)40-32-24(16-9-5-2-6-10-16)26-20(46(32)33)12-22(48-26)18-14-37-28-30(39-18)44-50-42-28/h1-14H/q+1. The molecule has 0 N–H and O–H groups in total. The number of rotatable bonds is 4. The summed E-state index contributed by atoms with van der Waals surface area (Å²) in [5.74, 6) is 2.08. The summed E-state index contributed by atoms with van der Waals surface area (Å²) in [7, 11) is 0. The van der Waals surface area contributed by atoms with Gasteiger partial charge in [0.2, 0.25) is 23.3 Å². The molecule has 0 fully saturated rings. The molecule has 0 radical (unpaired) electrons. The predicted molar refractivity (Wildman–Crippen MR) is 191 cm³/mol. The van der Waals surface area contributed by atoms with E-state index in [1.807, 2.05) is 60.7 Å². The van der Waals surface area contributed by atoms with Crippen LogP contribution in [0.4, 0.5) is 37.9 Å². The van der Waals surface area contributed by atoms with E-state index in [9.17, 15) is 0 Å². The molecule has 0 saturated carbocycles. The molecule has 50 heavy (non-hydrogen) atoms. The van der Waals surface area contributed by atoms with Gasteiger partial charge in [-0.2, -0.15) is 17.5 Å². The van der Waals surface area contributed by atoms with E-state index in [0.29, 0.717) is 75.7 Å². The molecular formula is C33H14F2N11S4+. The minimum absolute atomic E-state index is 0.182. The molecule has 0 spiro atoms. The fourth-order valence-corrected chi connectivity index (χ4v) is 9.69. The second kappa shape index (κ2) is 10.2. The number of thiophene rings is 2. The molecule has 0 amide bonds. The largest absolute Gasteiger partial charge is 0.500 e. The molecule has 4 aliphatic heterocycles. The zero-order valence-corrected chi connectivity index (χ0v) is 28.2. The Balaban J connectivity index is 1.20. The maximum Gasteiger partial charge on any atom is 0.500 e. The van der Waals surface area contributed by atoms with Crippen LogP contribution in [0.2, 0.25) is 0 Å². The van der Waals surface area contributed by atoms with Crippen LogP contribution in [-0.2, 0) is 28.9 Å². The van der Waals surface area contributed by atoms with Crippen molar-refractivity contribution in [2.45, 2.75) is 6.17 Å². The second-order valence-electron chi connectivity index (χ2n) is 11.4. The van der Waals surface area contributed by atoms with Crippen LogP contribution in [0.1, 0.15) is 5.56 Å². The second-order valence-corrected chi connectivity index (χ2v) is 14.6. The van der Waals surface area contributed by atoms with Gasteiger partial charge in [-0.1, -0.05) is 60.7 Å². The Morgan fingerprint density at radius 1 is 0.680 bits per heavy atom. The molecule has 17 heteroatoms. The molecule has 0 saturated heterocycles. The van der Waals surface area contributed by atoms with Crippen LogP contribution < -0.4 is 14.5 Å². The number of nitrogens with zero attached hydrogens (tertiary/aromatic N) is 11. The number of benzene rings is 2. The first-order valence-electron chi connectivity index (χ1n) is 15.0. The van der Waals surface area contributed by atoms with Gasteiger partial charge >= 0.3 is 12.0 Å². The topological polar surface area (TPSA) is 121 Å². The summed E-state index contributed by atoms with van der Waals surface area (Å²) < 4.78 is 55.5. The van der Waals surface area contributed by atoms with Crippen LogP contribution in [-0.4, -0.2) is 30.3 Å². The van der Waals surface area contributed by atoms with Crippen molar-refractivity contribution >= 4 is 96.1 Å². The van der Waals surface area contributed by atoms with Crippen LogP contribution in [0.25, 0.3) is 48.1 Å². The first kappa shape index (κ1) is 28.2. The molecular weight excluding hydrogens is 717 g/mol. The van der Waals surface area contributed by atoms with E-state index in [-0.39, 0.29) is 11.7 Å². The van der Waals surface area contributed by atoms with Gasteiger partial charge in [-0.05, 0) is 22.2 Å². The van der Waals surface area contributed by atoms with E-state index >= 15 is 8.78 Å². The van der Waals surface area contributed by atoms with Crippen molar-refractivity contribution < 1.29 is 8.78 Å². The molecule has 0 atom stereocenters. The highest BCUT2D eigenvalue weighted by molar-refractivity contribution is 7.58. The van der Waals surface area contributed by atoms with Gasteiger partial charge in [0.25, 0.3) is 5.82 Å². The highest BCUT2D eigenvalue weighted by atomic mass is 32.1. The van der Waals surface area contributed by atoms with Crippen molar-refractivity contribution in [3.63, 3.8) is 0 Å². The van der Waals surface area contributed by atoms with E-state index < -0.39 is 6.17 Å². The number of aromatic nitrogens is 5. The molecule has 9 heterocycles. The van der Waals surface area contributed by atoms with Gasteiger partial charge in [-0.25, -0.2) is 24.5 Å². The van der Waals surface area contributed by atoms with Gasteiger partial charge < -0.3 is 0 Å². The van der Waals surface area contributed by atoms with Gasteiger partial charge in [0.05, 0.1) is 70.7 Å². The Bertz CT molecular complexity index is 2990. The molecule has 0 unspecified atom stereocenters. The number of hydrogen-bond acceptors (Lipinski definition) is 11. The third kappa shape index (κ3) is 3.90.